The predicted octanol–water partition coefficient (Wildman–Crippen LogP) is 1.58. The lowest BCUT2D eigenvalue weighted by Gasteiger charge is -2.08. The first-order valence-electron chi connectivity index (χ1n) is 5.05. The molecule has 0 unspecified atom stereocenters. The molecule has 3 aromatic rings. The Balaban J connectivity index is 2.40. The number of aryl methyl sites for hydroxylation is 1. The Morgan fingerprint density at radius 3 is 2.82 bits per heavy atom. The van der Waals surface area contributed by atoms with Gasteiger partial charge in [-0.2, -0.15) is 24.7 Å². The van der Waals surface area contributed by atoms with Gasteiger partial charge in [-0.15, -0.1) is 0 Å². The van der Waals surface area contributed by atoms with E-state index in [9.17, 15) is 0 Å². The van der Waals surface area contributed by atoms with Crippen LogP contribution >= 0.6 is 11.6 Å². The predicted molar refractivity (Wildman–Crippen MR) is 62.4 cm³/mol. The second-order valence-corrected chi connectivity index (χ2v) is 4.08. The SMILES string of the molecule is Cc1ccn(-c2c(C)c(Cl)nc3ncnn23)n1. The maximum atomic E-state index is 6.07. The van der Waals surface area contributed by atoms with Gasteiger partial charge in [-0.3, -0.25) is 0 Å². The van der Waals surface area contributed by atoms with E-state index in [1.165, 1.54) is 6.33 Å². The van der Waals surface area contributed by atoms with Crippen LogP contribution in [-0.4, -0.2) is 29.4 Å². The van der Waals surface area contributed by atoms with E-state index in [4.69, 9.17) is 11.6 Å². The highest BCUT2D eigenvalue weighted by atomic mass is 35.5. The van der Waals surface area contributed by atoms with Crippen molar-refractivity contribution >= 4 is 17.4 Å². The van der Waals surface area contributed by atoms with Gasteiger partial charge in [0.15, 0.2) is 5.82 Å². The lowest BCUT2D eigenvalue weighted by molar-refractivity contribution is 0.764. The van der Waals surface area contributed by atoms with Crippen LogP contribution in [0, 0.1) is 13.8 Å². The van der Waals surface area contributed by atoms with Crippen LogP contribution in [0.25, 0.3) is 11.6 Å². The number of fused-ring (bicyclic) bond motifs is 1. The molecule has 3 aromatic heterocycles. The van der Waals surface area contributed by atoms with Crippen molar-refractivity contribution in [1.82, 2.24) is 29.4 Å². The molecule has 3 rings (SSSR count). The van der Waals surface area contributed by atoms with Crippen molar-refractivity contribution < 1.29 is 0 Å². The van der Waals surface area contributed by atoms with Gasteiger partial charge in [0.2, 0.25) is 0 Å². The summed E-state index contributed by atoms with van der Waals surface area (Å²) in [5.41, 5.74) is 1.73. The number of aromatic nitrogens is 6. The van der Waals surface area contributed by atoms with E-state index < -0.39 is 0 Å². The van der Waals surface area contributed by atoms with Crippen LogP contribution in [0.2, 0.25) is 5.15 Å². The minimum absolute atomic E-state index is 0.411. The fourth-order valence-electron chi connectivity index (χ4n) is 1.69. The van der Waals surface area contributed by atoms with E-state index >= 15 is 0 Å². The van der Waals surface area contributed by atoms with Crippen molar-refractivity contribution in [3.63, 3.8) is 0 Å². The van der Waals surface area contributed by atoms with Crippen molar-refractivity contribution in [3.8, 4) is 5.82 Å². The molecule has 7 heteroatoms. The lowest BCUT2D eigenvalue weighted by atomic mass is 10.3. The molecule has 0 aromatic carbocycles. The van der Waals surface area contributed by atoms with Gasteiger partial charge < -0.3 is 0 Å². The van der Waals surface area contributed by atoms with Crippen LogP contribution in [0.1, 0.15) is 11.3 Å². The van der Waals surface area contributed by atoms with Crippen molar-refractivity contribution in [1.29, 1.82) is 0 Å². The van der Waals surface area contributed by atoms with Gasteiger partial charge in [-0.1, -0.05) is 11.6 Å². The zero-order chi connectivity index (χ0) is 12.0. The quantitative estimate of drug-likeness (QED) is 0.614. The average molecular weight is 249 g/mol. The molecule has 0 aliphatic heterocycles. The van der Waals surface area contributed by atoms with Crippen molar-refractivity contribution in [2.75, 3.05) is 0 Å². The molecule has 6 nitrogen and oxygen atoms in total. The molecule has 0 amide bonds. The molecule has 0 aliphatic carbocycles. The minimum atomic E-state index is 0.411. The molecular formula is C10H9ClN6. The summed E-state index contributed by atoms with van der Waals surface area (Å²) in [5, 5.41) is 8.89. The number of halogens is 1. The van der Waals surface area contributed by atoms with Crippen LogP contribution < -0.4 is 0 Å². The van der Waals surface area contributed by atoms with Gasteiger partial charge >= 0.3 is 0 Å². The van der Waals surface area contributed by atoms with Crippen LogP contribution in [0.3, 0.4) is 0 Å². The molecule has 0 saturated carbocycles. The van der Waals surface area contributed by atoms with E-state index in [0.717, 1.165) is 17.1 Å². The summed E-state index contributed by atoms with van der Waals surface area (Å²) >= 11 is 6.07. The third kappa shape index (κ3) is 1.49. The summed E-state index contributed by atoms with van der Waals surface area (Å²) in [6.07, 6.45) is 3.30. The van der Waals surface area contributed by atoms with Gasteiger partial charge in [0.1, 0.15) is 11.5 Å². The molecule has 0 atom stereocenters. The second-order valence-electron chi connectivity index (χ2n) is 3.72. The first-order valence-corrected chi connectivity index (χ1v) is 5.43. The maximum Gasteiger partial charge on any atom is 0.255 e. The van der Waals surface area contributed by atoms with E-state index in [0.29, 0.717) is 10.9 Å². The summed E-state index contributed by atoms with van der Waals surface area (Å²) in [5.74, 6) is 1.22. The number of hydrogen-bond acceptors (Lipinski definition) is 4. The third-order valence-corrected chi connectivity index (χ3v) is 2.88. The second kappa shape index (κ2) is 3.53. The first-order chi connectivity index (χ1) is 8.16. The Bertz CT molecular complexity index is 698. The standard InChI is InChI=1S/C10H9ClN6/c1-6-3-4-16(15-6)9-7(2)8(11)14-10-12-5-13-17(9)10/h3-5H,1-2H3. The van der Waals surface area contributed by atoms with Crippen LogP contribution in [0.15, 0.2) is 18.6 Å². The molecule has 0 fully saturated rings. The van der Waals surface area contributed by atoms with Gasteiger partial charge in [0.05, 0.1) is 5.69 Å². The Hall–Kier alpha value is -1.95. The van der Waals surface area contributed by atoms with E-state index in [2.05, 4.69) is 20.2 Å². The number of rotatable bonds is 1. The molecule has 0 radical (unpaired) electrons. The molecule has 17 heavy (non-hydrogen) atoms. The topological polar surface area (TPSA) is 60.9 Å². The van der Waals surface area contributed by atoms with E-state index in [1.54, 1.807) is 9.20 Å². The highest BCUT2D eigenvalue weighted by Crippen LogP contribution is 2.20. The summed E-state index contributed by atoms with van der Waals surface area (Å²) < 4.78 is 3.34. The third-order valence-electron chi connectivity index (χ3n) is 2.51. The molecule has 0 bridgehead atoms. The van der Waals surface area contributed by atoms with Crippen LogP contribution in [0.4, 0.5) is 0 Å². The molecule has 0 aliphatic rings. The highest BCUT2D eigenvalue weighted by Gasteiger charge is 2.14. The molecule has 0 spiro atoms. The zero-order valence-corrected chi connectivity index (χ0v) is 10.0. The Labute approximate surface area is 102 Å². The van der Waals surface area contributed by atoms with Gasteiger partial charge in [0, 0.05) is 11.8 Å². The highest BCUT2D eigenvalue weighted by molar-refractivity contribution is 6.30. The lowest BCUT2D eigenvalue weighted by Crippen LogP contribution is -2.09. The largest absolute Gasteiger partial charge is 0.255 e. The van der Waals surface area contributed by atoms with Crippen molar-refractivity contribution in [2.24, 2.45) is 0 Å². The molecule has 0 N–H and O–H groups in total. The fourth-order valence-corrected chi connectivity index (χ4v) is 1.85. The summed E-state index contributed by atoms with van der Waals surface area (Å²) in [7, 11) is 0. The van der Waals surface area contributed by atoms with E-state index in [1.807, 2.05) is 26.1 Å². The monoisotopic (exact) mass is 248 g/mol. The van der Waals surface area contributed by atoms with Crippen molar-refractivity contribution in [3.05, 3.63) is 35.0 Å². The molecule has 86 valence electrons. The maximum absolute atomic E-state index is 6.07. The fraction of sp³-hybridized carbons (Fsp3) is 0.200. The average Bonchev–Trinajstić information content (AvgIpc) is 2.89. The van der Waals surface area contributed by atoms with E-state index in [-0.39, 0.29) is 0 Å². The summed E-state index contributed by atoms with van der Waals surface area (Å²) in [6, 6.07) is 1.91. The molecular weight excluding hydrogens is 240 g/mol. The molecule has 0 saturated heterocycles. The Morgan fingerprint density at radius 2 is 2.12 bits per heavy atom. The first kappa shape index (κ1) is 10.2. The zero-order valence-electron chi connectivity index (χ0n) is 9.29. The van der Waals surface area contributed by atoms with Gasteiger partial charge in [-0.05, 0) is 19.9 Å². The van der Waals surface area contributed by atoms with Crippen LogP contribution in [-0.2, 0) is 0 Å². The van der Waals surface area contributed by atoms with Crippen molar-refractivity contribution in [2.45, 2.75) is 13.8 Å². The van der Waals surface area contributed by atoms with Crippen LogP contribution in [0.5, 0.6) is 0 Å². The van der Waals surface area contributed by atoms with Gasteiger partial charge in [-0.25, -0.2) is 4.68 Å². The number of nitrogens with zero attached hydrogens (tertiary/aromatic N) is 6. The molecule has 3 heterocycles. The minimum Gasteiger partial charge on any atom is -0.222 e. The Morgan fingerprint density at radius 1 is 1.29 bits per heavy atom. The number of hydrogen-bond donors (Lipinski definition) is 0. The normalized spacial score (nSPS) is 11.2. The Kier molecular flexibility index (Phi) is 2.12. The summed E-state index contributed by atoms with van der Waals surface area (Å²) in [4.78, 5) is 8.17. The smallest absolute Gasteiger partial charge is 0.222 e. The van der Waals surface area contributed by atoms with Gasteiger partial charge in [0.25, 0.3) is 5.78 Å². The summed E-state index contributed by atoms with van der Waals surface area (Å²) in [6.45, 7) is 3.80.